The van der Waals surface area contributed by atoms with Crippen LogP contribution in [0, 0.1) is 5.41 Å². The molecule has 1 heterocycles. The Morgan fingerprint density at radius 1 is 1.11 bits per heavy atom. The minimum Gasteiger partial charge on any atom is -0.316 e. The lowest BCUT2D eigenvalue weighted by Gasteiger charge is -2.59. The molecule has 0 amide bonds. The van der Waals surface area contributed by atoms with E-state index in [1.807, 2.05) is 12.4 Å². The maximum Gasteiger partial charge on any atom is 0.0270 e. The van der Waals surface area contributed by atoms with Crippen molar-refractivity contribution in [1.82, 2.24) is 10.3 Å². The molecule has 0 bridgehead atoms. The maximum absolute atomic E-state index is 4.18. The first kappa shape index (κ1) is 13.1. The van der Waals surface area contributed by atoms with Crippen LogP contribution < -0.4 is 5.32 Å². The Kier molecular flexibility index (Phi) is 3.62. The molecule has 19 heavy (non-hydrogen) atoms. The van der Waals surface area contributed by atoms with Crippen LogP contribution in [0.5, 0.6) is 0 Å². The van der Waals surface area contributed by atoms with Crippen molar-refractivity contribution in [2.75, 3.05) is 13.1 Å². The highest BCUT2D eigenvalue weighted by atomic mass is 14.9. The fraction of sp³-hybridized carbons (Fsp3) is 0.706. The molecule has 0 radical (unpaired) electrons. The van der Waals surface area contributed by atoms with E-state index in [0.29, 0.717) is 10.8 Å². The zero-order chi connectivity index (χ0) is 13.2. The van der Waals surface area contributed by atoms with Crippen LogP contribution in [0.25, 0.3) is 0 Å². The minimum atomic E-state index is 0.385. The highest BCUT2D eigenvalue weighted by Crippen LogP contribution is 2.61. The third kappa shape index (κ3) is 2.43. The molecule has 0 unspecified atom stereocenters. The number of rotatable bonds is 4. The lowest BCUT2D eigenvalue weighted by Crippen LogP contribution is -2.55. The van der Waals surface area contributed by atoms with Gasteiger partial charge in [-0.15, -0.1) is 0 Å². The van der Waals surface area contributed by atoms with Crippen molar-refractivity contribution in [3.05, 3.63) is 30.1 Å². The van der Waals surface area contributed by atoms with Crippen LogP contribution in [0.3, 0.4) is 0 Å². The van der Waals surface area contributed by atoms with Crippen molar-refractivity contribution < 1.29 is 0 Å². The number of hydrogen-bond donors (Lipinski definition) is 1. The van der Waals surface area contributed by atoms with Gasteiger partial charge in [0.1, 0.15) is 0 Å². The molecule has 2 nitrogen and oxygen atoms in total. The largest absolute Gasteiger partial charge is 0.316 e. The van der Waals surface area contributed by atoms with Gasteiger partial charge in [0.25, 0.3) is 0 Å². The summed E-state index contributed by atoms with van der Waals surface area (Å²) < 4.78 is 0. The summed E-state index contributed by atoms with van der Waals surface area (Å²) >= 11 is 0. The first-order chi connectivity index (χ1) is 9.29. The van der Waals surface area contributed by atoms with E-state index >= 15 is 0 Å². The van der Waals surface area contributed by atoms with Gasteiger partial charge in [0, 0.05) is 24.4 Å². The Labute approximate surface area is 117 Å². The SMILES string of the molecule is CCNCC1(c2ccncc2)CC2(CCCCC2)C1. The Bertz CT molecular complexity index is 399. The summed E-state index contributed by atoms with van der Waals surface area (Å²) in [6.07, 6.45) is 14.0. The predicted octanol–water partition coefficient (Wildman–Crippen LogP) is 3.67. The number of nitrogens with one attached hydrogen (secondary N) is 1. The number of likely N-dealkylation sites (N-methyl/N-ethyl adjacent to an activating group) is 1. The van der Waals surface area contributed by atoms with Crippen LogP contribution >= 0.6 is 0 Å². The Morgan fingerprint density at radius 3 is 2.42 bits per heavy atom. The van der Waals surface area contributed by atoms with Gasteiger partial charge in [-0.2, -0.15) is 0 Å². The Hall–Kier alpha value is -0.890. The molecule has 2 saturated carbocycles. The second kappa shape index (κ2) is 5.24. The van der Waals surface area contributed by atoms with Gasteiger partial charge in [0.15, 0.2) is 0 Å². The molecule has 0 aliphatic heterocycles. The summed E-state index contributed by atoms with van der Waals surface area (Å²) in [5, 5.41) is 3.59. The van der Waals surface area contributed by atoms with E-state index in [2.05, 4.69) is 29.4 Å². The van der Waals surface area contributed by atoms with Gasteiger partial charge in [0.05, 0.1) is 0 Å². The van der Waals surface area contributed by atoms with Crippen LogP contribution in [0.2, 0.25) is 0 Å². The van der Waals surface area contributed by atoms with E-state index in [0.717, 1.165) is 13.1 Å². The lowest BCUT2D eigenvalue weighted by atomic mass is 9.46. The predicted molar refractivity (Wildman–Crippen MR) is 79.2 cm³/mol. The lowest BCUT2D eigenvalue weighted by molar-refractivity contribution is -0.0125. The summed E-state index contributed by atoms with van der Waals surface area (Å²) in [5.41, 5.74) is 2.56. The number of hydrogen-bond acceptors (Lipinski definition) is 2. The Morgan fingerprint density at radius 2 is 1.79 bits per heavy atom. The van der Waals surface area contributed by atoms with Crippen LogP contribution in [0.15, 0.2) is 24.5 Å². The van der Waals surface area contributed by atoms with E-state index in [9.17, 15) is 0 Å². The molecule has 0 aromatic carbocycles. The van der Waals surface area contributed by atoms with E-state index in [1.165, 1.54) is 50.5 Å². The second-order valence-electron chi connectivity index (χ2n) is 6.71. The van der Waals surface area contributed by atoms with Crippen molar-refractivity contribution in [2.45, 2.75) is 57.3 Å². The molecule has 2 aliphatic rings. The number of nitrogens with zero attached hydrogens (tertiary/aromatic N) is 1. The van der Waals surface area contributed by atoms with Gasteiger partial charge in [0.2, 0.25) is 0 Å². The fourth-order valence-electron chi connectivity index (χ4n) is 4.54. The molecule has 2 fully saturated rings. The van der Waals surface area contributed by atoms with Crippen molar-refractivity contribution in [2.24, 2.45) is 5.41 Å². The van der Waals surface area contributed by atoms with Crippen LogP contribution in [0.1, 0.15) is 57.4 Å². The number of aromatic nitrogens is 1. The molecule has 1 aromatic rings. The van der Waals surface area contributed by atoms with Gasteiger partial charge in [-0.25, -0.2) is 0 Å². The van der Waals surface area contributed by atoms with Crippen molar-refractivity contribution in [3.63, 3.8) is 0 Å². The number of pyridine rings is 1. The van der Waals surface area contributed by atoms with Crippen LogP contribution in [-0.4, -0.2) is 18.1 Å². The van der Waals surface area contributed by atoms with Crippen molar-refractivity contribution >= 4 is 0 Å². The van der Waals surface area contributed by atoms with Gasteiger partial charge in [-0.3, -0.25) is 4.98 Å². The summed E-state index contributed by atoms with van der Waals surface area (Å²) in [4.78, 5) is 4.18. The zero-order valence-electron chi connectivity index (χ0n) is 12.1. The summed E-state index contributed by atoms with van der Waals surface area (Å²) in [6, 6.07) is 4.46. The molecular weight excluding hydrogens is 232 g/mol. The average Bonchev–Trinajstić information content (AvgIpc) is 2.44. The van der Waals surface area contributed by atoms with E-state index in [4.69, 9.17) is 0 Å². The van der Waals surface area contributed by atoms with Crippen molar-refractivity contribution in [1.29, 1.82) is 0 Å². The molecule has 3 rings (SSSR count). The Balaban J connectivity index is 1.77. The first-order valence-electron chi connectivity index (χ1n) is 7.90. The molecule has 1 aromatic heterocycles. The highest BCUT2D eigenvalue weighted by molar-refractivity contribution is 5.30. The summed E-state index contributed by atoms with van der Waals surface area (Å²) in [7, 11) is 0. The quantitative estimate of drug-likeness (QED) is 0.891. The zero-order valence-corrected chi connectivity index (χ0v) is 12.1. The monoisotopic (exact) mass is 258 g/mol. The standard InChI is InChI=1S/C17H26N2/c1-2-18-14-17(15-6-10-19-11-7-15)12-16(13-17)8-4-3-5-9-16/h6-7,10-11,18H,2-5,8-9,12-14H2,1H3. The normalized spacial score (nSPS) is 24.1. The molecule has 0 atom stereocenters. The van der Waals surface area contributed by atoms with Crippen LogP contribution in [0.4, 0.5) is 0 Å². The first-order valence-corrected chi connectivity index (χ1v) is 7.90. The highest BCUT2D eigenvalue weighted by Gasteiger charge is 2.54. The van der Waals surface area contributed by atoms with Gasteiger partial charge < -0.3 is 5.32 Å². The van der Waals surface area contributed by atoms with Gasteiger partial charge in [-0.1, -0.05) is 26.2 Å². The van der Waals surface area contributed by atoms with Crippen LogP contribution in [-0.2, 0) is 5.41 Å². The molecule has 104 valence electrons. The summed E-state index contributed by atoms with van der Waals surface area (Å²) in [6.45, 7) is 4.41. The fourth-order valence-corrected chi connectivity index (χ4v) is 4.54. The minimum absolute atomic E-state index is 0.385. The smallest absolute Gasteiger partial charge is 0.0270 e. The summed E-state index contributed by atoms with van der Waals surface area (Å²) in [5.74, 6) is 0. The van der Waals surface area contributed by atoms with E-state index in [1.54, 1.807) is 0 Å². The molecular formula is C17H26N2. The molecule has 0 saturated heterocycles. The van der Waals surface area contributed by atoms with E-state index in [-0.39, 0.29) is 0 Å². The third-order valence-electron chi connectivity index (χ3n) is 5.35. The molecule has 2 aliphatic carbocycles. The average molecular weight is 258 g/mol. The van der Waals surface area contributed by atoms with Gasteiger partial charge >= 0.3 is 0 Å². The van der Waals surface area contributed by atoms with E-state index < -0.39 is 0 Å². The van der Waals surface area contributed by atoms with Crippen molar-refractivity contribution in [3.8, 4) is 0 Å². The third-order valence-corrected chi connectivity index (χ3v) is 5.35. The molecule has 1 spiro atoms. The van der Waals surface area contributed by atoms with Gasteiger partial charge in [-0.05, 0) is 55.3 Å². The maximum atomic E-state index is 4.18. The molecule has 2 heteroatoms. The second-order valence-corrected chi connectivity index (χ2v) is 6.71. The topological polar surface area (TPSA) is 24.9 Å². The molecule has 1 N–H and O–H groups in total.